The quantitative estimate of drug-likeness (QED) is 0.418. The normalized spacial score (nSPS) is 10.4. The number of hydrogen-bond donors (Lipinski definition) is 0. The van der Waals surface area contributed by atoms with E-state index >= 15 is 0 Å². The molecule has 0 aliphatic heterocycles. The average molecular weight is 337 g/mol. The number of alkyl halides is 1. The second kappa shape index (κ2) is 7.29. The van der Waals surface area contributed by atoms with Crippen LogP contribution < -0.4 is 0 Å². The molecule has 0 amide bonds. The predicted octanol–water partition coefficient (Wildman–Crippen LogP) is 6.20. The number of thioether (sulfide) groups is 1. The minimum Gasteiger partial charge on any atom is -0.246 e. The van der Waals surface area contributed by atoms with E-state index in [1.807, 2.05) is 54.6 Å². The lowest BCUT2D eigenvalue weighted by Gasteiger charge is -2.09. The molecule has 4 heteroatoms. The van der Waals surface area contributed by atoms with Gasteiger partial charge in [-0.25, -0.2) is 8.78 Å². The van der Waals surface area contributed by atoms with Crippen LogP contribution in [0.1, 0.15) is 5.56 Å². The number of thiocyanates is 1. The number of nitrogens with zero attached hydrogens (tertiary/aromatic N) is 1. The first kappa shape index (κ1) is 16.2. The van der Waals surface area contributed by atoms with E-state index < -0.39 is 12.5 Å². The molecule has 0 spiro atoms. The van der Waals surface area contributed by atoms with Gasteiger partial charge in [0.1, 0.15) is 17.9 Å². The van der Waals surface area contributed by atoms with Crippen molar-refractivity contribution in [2.75, 3.05) is 0 Å². The molecule has 3 rings (SSSR count). The number of rotatable bonds is 4. The van der Waals surface area contributed by atoms with Gasteiger partial charge in [-0.2, -0.15) is 5.26 Å². The van der Waals surface area contributed by atoms with Crippen molar-refractivity contribution >= 4 is 11.8 Å². The molecule has 3 aromatic carbocycles. The highest BCUT2D eigenvalue weighted by Crippen LogP contribution is 2.32. The summed E-state index contributed by atoms with van der Waals surface area (Å²) in [6.07, 6.45) is 0. The average Bonchev–Trinajstić information content (AvgIpc) is 2.64. The third-order valence-corrected chi connectivity index (χ3v) is 4.49. The summed E-state index contributed by atoms with van der Waals surface area (Å²) in [5.41, 5.74) is 3.75. The molecule has 0 heterocycles. The van der Waals surface area contributed by atoms with Gasteiger partial charge in [0, 0.05) is 5.56 Å². The summed E-state index contributed by atoms with van der Waals surface area (Å²) < 4.78 is 27.4. The largest absolute Gasteiger partial charge is 0.246 e. The summed E-state index contributed by atoms with van der Waals surface area (Å²) in [5.74, 6) is -0.571. The Morgan fingerprint density at radius 3 is 2.00 bits per heavy atom. The predicted molar refractivity (Wildman–Crippen MR) is 93.6 cm³/mol. The zero-order valence-corrected chi connectivity index (χ0v) is 13.5. The molecule has 0 aliphatic rings. The third-order valence-electron chi connectivity index (χ3n) is 3.74. The first-order chi connectivity index (χ1) is 11.7. The maximum Gasteiger partial charge on any atom is 0.138 e. The smallest absolute Gasteiger partial charge is 0.138 e. The highest BCUT2D eigenvalue weighted by molar-refractivity contribution is 8.03. The Bertz CT molecular complexity index is 884. The van der Waals surface area contributed by atoms with Crippen LogP contribution in [0.2, 0.25) is 0 Å². The van der Waals surface area contributed by atoms with Crippen molar-refractivity contribution in [1.29, 1.82) is 5.26 Å². The van der Waals surface area contributed by atoms with Crippen LogP contribution in [-0.4, -0.2) is 0 Å². The Morgan fingerprint density at radius 2 is 1.42 bits per heavy atom. The van der Waals surface area contributed by atoms with E-state index in [2.05, 4.69) is 0 Å². The fourth-order valence-corrected chi connectivity index (χ4v) is 3.05. The minimum absolute atomic E-state index is 0.0599. The van der Waals surface area contributed by atoms with E-state index in [0.717, 1.165) is 16.7 Å². The highest BCUT2D eigenvalue weighted by Gasteiger charge is 2.13. The molecule has 118 valence electrons. The van der Waals surface area contributed by atoms with Crippen LogP contribution in [0.4, 0.5) is 8.78 Å². The van der Waals surface area contributed by atoms with Crippen molar-refractivity contribution in [2.24, 2.45) is 0 Å². The molecule has 0 N–H and O–H groups in total. The zero-order valence-electron chi connectivity index (χ0n) is 12.7. The number of benzene rings is 3. The van der Waals surface area contributed by atoms with Gasteiger partial charge in [0.05, 0.1) is 4.90 Å². The highest BCUT2D eigenvalue weighted by atomic mass is 32.2. The van der Waals surface area contributed by atoms with Gasteiger partial charge >= 0.3 is 0 Å². The number of nitriles is 1. The van der Waals surface area contributed by atoms with E-state index in [0.29, 0.717) is 17.3 Å². The van der Waals surface area contributed by atoms with Gasteiger partial charge in [-0.15, -0.1) is 0 Å². The Kier molecular flexibility index (Phi) is 4.93. The van der Waals surface area contributed by atoms with Crippen molar-refractivity contribution in [1.82, 2.24) is 0 Å². The van der Waals surface area contributed by atoms with Crippen molar-refractivity contribution in [3.05, 3.63) is 78.1 Å². The minimum atomic E-state index is -0.809. The van der Waals surface area contributed by atoms with Crippen molar-refractivity contribution < 1.29 is 8.78 Å². The number of halogens is 2. The Labute approximate surface area is 143 Å². The Hall–Kier alpha value is -2.64. The summed E-state index contributed by atoms with van der Waals surface area (Å²) in [7, 11) is 0. The molecule has 24 heavy (non-hydrogen) atoms. The molecule has 0 aromatic heterocycles. The Morgan fingerprint density at radius 1 is 0.833 bits per heavy atom. The van der Waals surface area contributed by atoms with Crippen LogP contribution in [0.5, 0.6) is 0 Å². The SMILES string of the molecule is N#CSc1c(F)cc(-c2ccc(-c3ccccc3)cc2)cc1CF. The molecule has 1 nitrogen and oxygen atoms in total. The van der Waals surface area contributed by atoms with E-state index in [-0.39, 0.29) is 10.5 Å². The molecular formula is C20H13F2NS. The molecule has 0 fully saturated rings. The van der Waals surface area contributed by atoms with E-state index in [1.165, 1.54) is 6.07 Å². The summed E-state index contributed by atoms with van der Waals surface area (Å²) in [4.78, 5) is 0.0599. The van der Waals surface area contributed by atoms with E-state index in [4.69, 9.17) is 5.26 Å². The lowest BCUT2D eigenvalue weighted by molar-refractivity contribution is 0.473. The maximum atomic E-state index is 14.2. The summed E-state index contributed by atoms with van der Waals surface area (Å²) in [6.45, 7) is -0.809. The van der Waals surface area contributed by atoms with Gasteiger partial charge in [0.15, 0.2) is 0 Å². The molecule has 3 aromatic rings. The second-order valence-electron chi connectivity index (χ2n) is 5.22. The molecule has 0 radical (unpaired) electrons. The molecule has 0 atom stereocenters. The summed E-state index contributed by atoms with van der Waals surface area (Å²) in [6, 6.07) is 20.6. The van der Waals surface area contributed by atoms with Crippen LogP contribution in [0.15, 0.2) is 71.6 Å². The van der Waals surface area contributed by atoms with Gasteiger partial charge in [-0.3, -0.25) is 0 Å². The van der Waals surface area contributed by atoms with Crippen LogP contribution in [0.3, 0.4) is 0 Å². The molecular weight excluding hydrogens is 324 g/mol. The van der Waals surface area contributed by atoms with E-state index in [9.17, 15) is 8.78 Å². The summed E-state index contributed by atoms with van der Waals surface area (Å²) in [5, 5.41) is 10.5. The van der Waals surface area contributed by atoms with E-state index in [1.54, 1.807) is 11.5 Å². The van der Waals surface area contributed by atoms with Gasteiger partial charge in [0.2, 0.25) is 0 Å². The fraction of sp³-hybridized carbons (Fsp3) is 0.0500. The standard InChI is InChI=1S/C20H13F2NS/c21-12-18-10-17(11-19(22)20(18)24-13-23)16-8-6-15(7-9-16)14-4-2-1-3-5-14/h1-11H,12H2. The third kappa shape index (κ3) is 3.32. The lowest BCUT2D eigenvalue weighted by atomic mass is 9.99. The van der Waals surface area contributed by atoms with Crippen LogP contribution in [0, 0.1) is 16.5 Å². The van der Waals surface area contributed by atoms with Crippen molar-refractivity contribution in [3.8, 4) is 27.7 Å². The maximum absolute atomic E-state index is 14.2. The molecule has 0 unspecified atom stereocenters. The first-order valence-electron chi connectivity index (χ1n) is 7.33. The first-order valence-corrected chi connectivity index (χ1v) is 8.14. The molecule has 0 bridgehead atoms. The van der Waals surface area contributed by atoms with Crippen molar-refractivity contribution in [3.63, 3.8) is 0 Å². The van der Waals surface area contributed by atoms with Gasteiger partial charge in [-0.05, 0) is 46.1 Å². The van der Waals surface area contributed by atoms with Crippen LogP contribution in [-0.2, 0) is 6.67 Å². The summed E-state index contributed by atoms with van der Waals surface area (Å²) >= 11 is 0.647. The molecule has 0 aliphatic carbocycles. The van der Waals surface area contributed by atoms with Gasteiger partial charge in [0.25, 0.3) is 0 Å². The van der Waals surface area contributed by atoms with Gasteiger partial charge in [-0.1, -0.05) is 54.6 Å². The van der Waals surface area contributed by atoms with Crippen LogP contribution in [0.25, 0.3) is 22.3 Å². The molecule has 0 saturated carbocycles. The topological polar surface area (TPSA) is 23.8 Å². The van der Waals surface area contributed by atoms with Gasteiger partial charge < -0.3 is 0 Å². The lowest BCUT2D eigenvalue weighted by Crippen LogP contribution is -1.92. The zero-order chi connectivity index (χ0) is 16.9. The molecule has 0 saturated heterocycles. The fourth-order valence-electron chi connectivity index (χ4n) is 2.56. The second-order valence-corrected chi connectivity index (χ2v) is 6.01. The number of hydrogen-bond acceptors (Lipinski definition) is 2. The van der Waals surface area contributed by atoms with Crippen molar-refractivity contribution in [2.45, 2.75) is 11.6 Å². The van der Waals surface area contributed by atoms with Crippen LogP contribution >= 0.6 is 11.8 Å². The Balaban J connectivity index is 1.98. The monoisotopic (exact) mass is 337 g/mol.